The van der Waals surface area contributed by atoms with E-state index in [1.807, 2.05) is 0 Å². The Morgan fingerprint density at radius 1 is 1.50 bits per heavy atom. The topological polar surface area (TPSA) is 62.4 Å². The standard InChI is InChI=1S/C10H22N4/c1-8(2)13-10(14-11)12-7-3-4-9-5-6-9/h8-9H,3-7,11H2,1-2H3,(H2,12,13,14). The molecule has 82 valence electrons. The number of nitrogens with two attached hydrogens (primary N) is 1. The first-order valence-electron chi connectivity index (χ1n) is 5.50. The van der Waals surface area contributed by atoms with Gasteiger partial charge in [-0.3, -0.25) is 10.4 Å². The Morgan fingerprint density at radius 3 is 2.71 bits per heavy atom. The zero-order valence-corrected chi connectivity index (χ0v) is 9.21. The van der Waals surface area contributed by atoms with Crippen LogP contribution in [0.15, 0.2) is 4.99 Å². The highest BCUT2D eigenvalue weighted by atomic mass is 15.3. The predicted octanol–water partition coefficient (Wildman–Crippen LogP) is 0.994. The monoisotopic (exact) mass is 198 g/mol. The van der Waals surface area contributed by atoms with Gasteiger partial charge >= 0.3 is 0 Å². The Bertz CT molecular complexity index is 185. The highest BCUT2D eigenvalue weighted by molar-refractivity contribution is 5.79. The van der Waals surface area contributed by atoms with Crippen molar-refractivity contribution < 1.29 is 0 Å². The molecule has 0 aliphatic heterocycles. The summed E-state index contributed by atoms with van der Waals surface area (Å²) in [5.74, 6) is 7.03. The Morgan fingerprint density at radius 2 is 2.21 bits per heavy atom. The minimum atomic E-state index is 0.369. The maximum absolute atomic E-state index is 5.33. The third-order valence-electron chi connectivity index (χ3n) is 2.30. The first-order valence-corrected chi connectivity index (χ1v) is 5.50. The van der Waals surface area contributed by atoms with Crippen LogP contribution in [0, 0.1) is 5.92 Å². The van der Waals surface area contributed by atoms with Gasteiger partial charge in [-0.05, 0) is 32.6 Å². The van der Waals surface area contributed by atoms with Gasteiger partial charge in [0.05, 0.1) is 0 Å². The molecule has 4 nitrogen and oxygen atoms in total. The molecule has 1 fully saturated rings. The molecular weight excluding hydrogens is 176 g/mol. The normalized spacial score (nSPS) is 17.3. The summed E-state index contributed by atoms with van der Waals surface area (Å²) in [4.78, 5) is 4.35. The fourth-order valence-corrected chi connectivity index (χ4v) is 1.38. The van der Waals surface area contributed by atoms with Gasteiger partial charge in [-0.2, -0.15) is 0 Å². The lowest BCUT2D eigenvalue weighted by Crippen LogP contribution is -2.44. The molecule has 4 N–H and O–H groups in total. The molecule has 0 amide bonds. The summed E-state index contributed by atoms with van der Waals surface area (Å²) in [6.07, 6.45) is 5.35. The van der Waals surface area contributed by atoms with Gasteiger partial charge in [0.2, 0.25) is 5.96 Å². The smallest absolute Gasteiger partial charge is 0.205 e. The number of hydrogen-bond acceptors (Lipinski definition) is 2. The van der Waals surface area contributed by atoms with Crippen molar-refractivity contribution in [2.45, 2.75) is 45.6 Å². The fraction of sp³-hybridized carbons (Fsp3) is 0.900. The lowest BCUT2D eigenvalue weighted by atomic mass is 10.2. The Hall–Kier alpha value is -0.770. The number of guanidine groups is 1. The van der Waals surface area contributed by atoms with E-state index in [0.717, 1.165) is 12.5 Å². The second kappa shape index (κ2) is 5.86. The van der Waals surface area contributed by atoms with Crippen molar-refractivity contribution in [2.75, 3.05) is 6.54 Å². The van der Waals surface area contributed by atoms with Gasteiger partial charge in [-0.15, -0.1) is 0 Å². The average Bonchev–Trinajstić information content (AvgIpc) is 2.93. The molecule has 1 aliphatic rings. The third-order valence-corrected chi connectivity index (χ3v) is 2.30. The van der Waals surface area contributed by atoms with Crippen molar-refractivity contribution in [1.29, 1.82) is 0 Å². The molecule has 0 aromatic heterocycles. The third kappa shape index (κ3) is 5.07. The lowest BCUT2D eigenvalue weighted by Gasteiger charge is -2.11. The summed E-state index contributed by atoms with van der Waals surface area (Å²) in [5, 5.41) is 3.15. The van der Waals surface area contributed by atoms with Crippen molar-refractivity contribution in [3.63, 3.8) is 0 Å². The van der Waals surface area contributed by atoms with Crippen LogP contribution in [0.2, 0.25) is 0 Å². The Balaban J connectivity index is 2.10. The fourth-order valence-electron chi connectivity index (χ4n) is 1.38. The van der Waals surface area contributed by atoms with Crippen LogP contribution in [0.3, 0.4) is 0 Å². The minimum absolute atomic E-state index is 0.369. The number of nitrogens with zero attached hydrogens (tertiary/aromatic N) is 1. The number of rotatable bonds is 5. The Kier molecular flexibility index (Phi) is 4.73. The van der Waals surface area contributed by atoms with E-state index in [4.69, 9.17) is 5.84 Å². The largest absolute Gasteiger partial charge is 0.353 e. The van der Waals surface area contributed by atoms with Crippen LogP contribution < -0.4 is 16.6 Å². The van der Waals surface area contributed by atoms with Gasteiger partial charge in [0.1, 0.15) is 0 Å². The average molecular weight is 198 g/mol. The molecule has 0 unspecified atom stereocenters. The van der Waals surface area contributed by atoms with E-state index in [9.17, 15) is 0 Å². The van der Waals surface area contributed by atoms with Crippen LogP contribution in [0.5, 0.6) is 0 Å². The van der Waals surface area contributed by atoms with Crippen LogP contribution in [0.1, 0.15) is 39.5 Å². The first-order chi connectivity index (χ1) is 6.72. The van der Waals surface area contributed by atoms with E-state index in [2.05, 4.69) is 29.6 Å². The van der Waals surface area contributed by atoms with Gasteiger partial charge < -0.3 is 5.32 Å². The van der Waals surface area contributed by atoms with E-state index >= 15 is 0 Å². The second-order valence-electron chi connectivity index (χ2n) is 4.26. The van der Waals surface area contributed by atoms with Crippen molar-refractivity contribution in [3.05, 3.63) is 0 Å². The molecule has 0 atom stereocenters. The molecule has 4 heteroatoms. The predicted molar refractivity (Wildman–Crippen MR) is 59.9 cm³/mol. The van der Waals surface area contributed by atoms with Gasteiger partial charge in [-0.1, -0.05) is 12.8 Å². The second-order valence-corrected chi connectivity index (χ2v) is 4.26. The molecule has 0 saturated heterocycles. The summed E-state index contributed by atoms with van der Waals surface area (Å²) in [7, 11) is 0. The SMILES string of the molecule is CC(C)NC(=NCCCC1CC1)NN. The highest BCUT2D eigenvalue weighted by Crippen LogP contribution is 2.33. The molecule has 14 heavy (non-hydrogen) atoms. The van der Waals surface area contributed by atoms with Crippen LogP contribution in [-0.2, 0) is 0 Å². The van der Waals surface area contributed by atoms with Crippen molar-refractivity contribution in [3.8, 4) is 0 Å². The zero-order chi connectivity index (χ0) is 10.4. The molecule has 0 aromatic rings. The molecule has 0 heterocycles. The zero-order valence-electron chi connectivity index (χ0n) is 9.21. The molecule has 0 bridgehead atoms. The van der Waals surface area contributed by atoms with E-state index in [1.165, 1.54) is 25.7 Å². The van der Waals surface area contributed by atoms with E-state index in [0.29, 0.717) is 12.0 Å². The van der Waals surface area contributed by atoms with Crippen LogP contribution in [-0.4, -0.2) is 18.5 Å². The number of aliphatic imine (C=N–C) groups is 1. The van der Waals surface area contributed by atoms with Crippen molar-refractivity contribution >= 4 is 5.96 Å². The Labute approximate surface area is 86.3 Å². The highest BCUT2D eigenvalue weighted by Gasteiger charge is 2.19. The van der Waals surface area contributed by atoms with E-state index < -0.39 is 0 Å². The molecule has 1 rings (SSSR count). The van der Waals surface area contributed by atoms with Gasteiger partial charge in [0.25, 0.3) is 0 Å². The maximum Gasteiger partial charge on any atom is 0.205 e. The molecule has 0 radical (unpaired) electrons. The number of hydrogen-bond donors (Lipinski definition) is 3. The summed E-state index contributed by atoms with van der Waals surface area (Å²) in [6.45, 7) is 5.00. The molecule has 1 saturated carbocycles. The quantitative estimate of drug-likeness (QED) is 0.203. The molecule has 1 aliphatic carbocycles. The summed E-state index contributed by atoms with van der Waals surface area (Å²) in [5.41, 5.74) is 2.58. The van der Waals surface area contributed by atoms with Crippen LogP contribution in [0.4, 0.5) is 0 Å². The number of nitrogens with one attached hydrogen (secondary N) is 2. The van der Waals surface area contributed by atoms with Gasteiger partial charge in [0.15, 0.2) is 0 Å². The van der Waals surface area contributed by atoms with Crippen molar-refractivity contribution in [1.82, 2.24) is 10.7 Å². The molecular formula is C10H22N4. The first kappa shape index (κ1) is 11.3. The number of hydrazine groups is 1. The van der Waals surface area contributed by atoms with Crippen LogP contribution >= 0.6 is 0 Å². The lowest BCUT2D eigenvalue weighted by molar-refractivity contribution is 0.662. The van der Waals surface area contributed by atoms with Crippen molar-refractivity contribution in [2.24, 2.45) is 16.8 Å². The molecule has 0 spiro atoms. The van der Waals surface area contributed by atoms with E-state index in [1.54, 1.807) is 0 Å². The van der Waals surface area contributed by atoms with Gasteiger partial charge in [0, 0.05) is 12.6 Å². The van der Waals surface area contributed by atoms with E-state index in [-0.39, 0.29) is 0 Å². The summed E-state index contributed by atoms with van der Waals surface area (Å²) >= 11 is 0. The summed E-state index contributed by atoms with van der Waals surface area (Å²) in [6, 6.07) is 0.369. The summed E-state index contributed by atoms with van der Waals surface area (Å²) < 4.78 is 0. The minimum Gasteiger partial charge on any atom is -0.353 e. The molecule has 0 aromatic carbocycles. The van der Waals surface area contributed by atoms with Gasteiger partial charge in [-0.25, -0.2) is 5.84 Å². The maximum atomic E-state index is 5.33. The van der Waals surface area contributed by atoms with Crippen LogP contribution in [0.25, 0.3) is 0 Å².